The molecule has 2 aromatic carbocycles. The van der Waals surface area contributed by atoms with Crippen LogP contribution < -0.4 is 19.1 Å². The lowest BCUT2D eigenvalue weighted by atomic mass is 10.0. The van der Waals surface area contributed by atoms with Crippen molar-refractivity contribution in [2.24, 2.45) is 0 Å². The molecule has 1 fully saturated rings. The van der Waals surface area contributed by atoms with E-state index in [-0.39, 0.29) is 5.91 Å². The smallest absolute Gasteiger partial charge is 0.257 e. The monoisotopic (exact) mass is 474 g/mol. The molecule has 2 aliphatic heterocycles. The molecule has 1 saturated heterocycles. The minimum Gasteiger partial charge on any atom is -0.496 e. The highest BCUT2D eigenvalue weighted by atomic mass is 16.5. The molecule has 8 nitrogen and oxygen atoms in total. The number of para-hydroxylation sites is 3. The molecule has 0 N–H and O–H groups in total. The molecule has 2 aliphatic rings. The van der Waals surface area contributed by atoms with Crippen LogP contribution in [0.5, 0.6) is 23.1 Å². The number of carbonyl (C=O) groups excluding carboxylic acids is 1. The van der Waals surface area contributed by atoms with Crippen LogP contribution in [0.4, 0.5) is 5.95 Å². The van der Waals surface area contributed by atoms with E-state index in [0.29, 0.717) is 54.2 Å². The Hall–Kier alpha value is -3.81. The number of methoxy groups -OCH3 is 2. The van der Waals surface area contributed by atoms with Gasteiger partial charge in [-0.1, -0.05) is 24.3 Å². The Morgan fingerprint density at radius 1 is 0.829 bits per heavy atom. The second-order valence-electron chi connectivity index (χ2n) is 8.73. The highest BCUT2D eigenvalue weighted by molar-refractivity contribution is 5.97. The van der Waals surface area contributed by atoms with Gasteiger partial charge in [-0.3, -0.25) is 4.79 Å². The number of hydrogen-bond donors (Lipinski definition) is 0. The Morgan fingerprint density at radius 2 is 1.51 bits per heavy atom. The Bertz CT molecular complexity index is 1210. The molecule has 8 heteroatoms. The maximum atomic E-state index is 13.4. The zero-order chi connectivity index (χ0) is 24.2. The molecule has 0 spiro atoms. The van der Waals surface area contributed by atoms with Crippen molar-refractivity contribution in [3.05, 3.63) is 65.4 Å². The fourth-order valence-corrected chi connectivity index (χ4v) is 4.66. The standard InChI is InChI=1S/C27H30N4O4/c1-33-22-11-5-4-10-19(22)26(32)31-17-14-21-20(18-31)25(35-24-13-7-6-12-23(24)34-2)29-27(28-21)30-15-8-3-9-16-30/h4-7,10-13H,3,8-9,14-18H2,1-2H3. The Morgan fingerprint density at radius 3 is 2.26 bits per heavy atom. The van der Waals surface area contributed by atoms with Crippen LogP contribution in [-0.4, -0.2) is 54.6 Å². The number of aromatic nitrogens is 2. The summed E-state index contributed by atoms with van der Waals surface area (Å²) in [4.78, 5) is 27.2. The highest BCUT2D eigenvalue weighted by Gasteiger charge is 2.30. The van der Waals surface area contributed by atoms with Gasteiger partial charge >= 0.3 is 0 Å². The van der Waals surface area contributed by atoms with E-state index in [2.05, 4.69) is 4.90 Å². The average molecular weight is 475 g/mol. The molecule has 0 aliphatic carbocycles. The molecular formula is C27H30N4O4. The molecule has 1 amide bonds. The number of fused-ring (bicyclic) bond motifs is 1. The van der Waals surface area contributed by atoms with Crippen LogP contribution in [0.3, 0.4) is 0 Å². The average Bonchev–Trinajstić information content (AvgIpc) is 2.93. The lowest BCUT2D eigenvalue weighted by Crippen LogP contribution is -2.38. The summed E-state index contributed by atoms with van der Waals surface area (Å²) in [6.45, 7) is 2.79. The molecule has 1 aromatic heterocycles. The van der Waals surface area contributed by atoms with E-state index in [1.807, 2.05) is 36.4 Å². The van der Waals surface area contributed by atoms with Crippen LogP contribution in [0.15, 0.2) is 48.5 Å². The number of ether oxygens (including phenoxy) is 3. The van der Waals surface area contributed by atoms with Crippen molar-refractivity contribution in [3.63, 3.8) is 0 Å². The number of rotatable bonds is 6. The Labute approximate surface area is 205 Å². The first-order valence-electron chi connectivity index (χ1n) is 12.1. The molecule has 0 bridgehead atoms. The molecule has 3 heterocycles. The van der Waals surface area contributed by atoms with Gasteiger partial charge in [0.25, 0.3) is 5.91 Å². The van der Waals surface area contributed by atoms with E-state index in [1.54, 1.807) is 31.3 Å². The summed E-state index contributed by atoms with van der Waals surface area (Å²) in [5.41, 5.74) is 2.29. The number of amides is 1. The third-order valence-corrected chi connectivity index (χ3v) is 6.55. The number of carbonyl (C=O) groups is 1. The van der Waals surface area contributed by atoms with Gasteiger partial charge in [-0.2, -0.15) is 4.98 Å². The minimum absolute atomic E-state index is 0.0866. The first kappa shape index (κ1) is 23.0. The topological polar surface area (TPSA) is 77.0 Å². The van der Waals surface area contributed by atoms with Crippen LogP contribution in [-0.2, 0) is 13.0 Å². The molecule has 0 radical (unpaired) electrons. The number of piperidine rings is 1. The summed E-state index contributed by atoms with van der Waals surface area (Å²) in [7, 11) is 3.19. The number of benzene rings is 2. The second kappa shape index (κ2) is 10.2. The van der Waals surface area contributed by atoms with Crippen molar-refractivity contribution >= 4 is 11.9 Å². The van der Waals surface area contributed by atoms with Crippen LogP contribution in [0, 0.1) is 0 Å². The van der Waals surface area contributed by atoms with Gasteiger partial charge in [0, 0.05) is 26.1 Å². The quantitative estimate of drug-likeness (QED) is 0.521. The third kappa shape index (κ3) is 4.73. The number of hydrogen-bond acceptors (Lipinski definition) is 7. The van der Waals surface area contributed by atoms with Gasteiger partial charge in [0.2, 0.25) is 11.8 Å². The van der Waals surface area contributed by atoms with Gasteiger partial charge < -0.3 is 24.0 Å². The fourth-order valence-electron chi connectivity index (χ4n) is 4.66. The minimum atomic E-state index is -0.0866. The molecule has 5 rings (SSSR count). The van der Waals surface area contributed by atoms with E-state index in [4.69, 9.17) is 24.2 Å². The largest absolute Gasteiger partial charge is 0.496 e. The van der Waals surface area contributed by atoms with E-state index < -0.39 is 0 Å². The SMILES string of the molecule is COc1ccccc1Oc1nc(N2CCCCC2)nc2c1CN(C(=O)c1ccccc1OC)CC2. The molecule has 0 atom stereocenters. The predicted octanol–water partition coefficient (Wildman–Crippen LogP) is 4.47. The van der Waals surface area contributed by atoms with Gasteiger partial charge in [0.1, 0.15) is 5.75 Å². The predicted molar refractivity (Wildman–Crippen MR) is 133 cm³/mol. The summed E-state index contributed by atoms with van der Waals surface area (Å²) in [5.74, 6) is 2.84. The lowest BCUT2D eigenvalue weighted by Gasteiger charge is -2.32. The third-order valence-electron chi connectivity index (χ3n) is 6.55. The molecule has 0 saturated carbocycles. The Balaban J connectivity index is 1.51. The van der Waals surface area contributed by atoms with Gasteiger partial charge in [-0.05, 0) is 43.5 Å². The molecular weight excluding hydrogens is 444 g/mol. The van der Waals surface area contributed by atoms with Gasteiger partial charge in [0.15, 0.2) is 11.5 Å². The first-order valence-corrected chi connectivity index (χ1v) is 12.1. The van der Waals surface area contributed by atoms with E-state index in [0.717, 1.165) is 37.2 Å². The zero-order valence-electron chi connectivity index (χ0n) is 20.2. The fraction of sp³-hybridized carbons (Fsp3) is 0.370. The lowest BCUT2D eigenvalue weighted by molar-refractivity contribution is 0.0728. The van der Waals surface area contributed by atoms with Crippen LogP contribution >= 0.6 is 0 Å². The van der Waals surface area contributed by atoms with Crippen molar-refractivity contribution < 1.29 is 19.0 Å². The first-order chi connectivity index (χ1) is 17.2. The normalized spacial score (nSPS) is 15.4. The maximum Gasteiger partial charge on any atom is 0.257 e. The molecule has 35 heavy (non-hydrogen) atoms. The van der Waals surface area contributed by atoms with Gasteiger partial charge in [0.05, 0.1) is 37.6 Å². The maximum absolute atomic E-state index is 13.4. The van der Waals surface area contributed by atoms with E-state index in [1.165, 1.54) is 6.42 Å². The number of nitrogens with zero attached hydrogens (tertiary/aromatic N) is 4. The summed E-state index contributed by atoms with van der Waals surface area (Å²) in [5, 5.41) is 0. The zero-order valence-corrected chi connectivity index (χ0v) is 20.2. The van der Waals surface area contributed by atoms with Crippen molar-refractivity contribution in [1.29, 1.82) is 0 Å². The molecule has 3 aromatic rings. The van der Waals surface area contributed by atoms with Crippen LogP contribution in [0.2, 0.25) is 0 Å². The van der Waals surface area contributed by atoms with Crippen molar-refractivity contribution in [3.8, 4) is 23.1 Å². The summed E-state index contributed by atoms with van der Waals surface area (Å²) in [6, 6.07) is 14.8. The molecule has 182 valence electrons. The van der Waals surface area contributed by atoms with E-state index >= 15 is 0 Å². The van der Waals surface area contributed by atoms with Gasteiger partial charge in [-0.15, -0.1) is 0 Å². The summed E-state index contributed by atoms with van der Waals surface area (Å²) in [6.07, 6.45) is 4.11. The molecule has 0 unspecified atom stereocenters. The number of anilines is 1. The van der Waals surface area contributed by atoms with Crippen LogP contribution in [0.1, 0.15) is 40.9 Å². The van der Waals surface area contributed by atoms with E-state index in [9.17, 15) is 4.79 Å². The summed E-state index contributed by atoms with van der Waals surface area (Å²) >= 11 is 0. The Kier molecular flexibility index (Phi) is 6.70. The van der Waals surface area contributed by atoms with Gasteiger partial charge in [-0.25, -0.2) is 4.98 Å². The van der Waals surface area contributed by atoms with Crippen molar-refractivity contribution in [1.82, 2.24) is 14.9 Å². The van der Waals surface area contributed by atoms with Crippen LogP contribution in [0.25, 0.3) is 0 Å². The summed E-state index contributed by atoms with van der Waals surface area (Å²) < 4.78 is 17.3. The van der Waals surface area contributed by atoms with Crippen molar-refractivity contribution in [2.45, 2.75) is 32.2 Å². The second-order valence-corrected chi connectivity index (χ2v) is 8.73. The highest BCUT2D eigenvalue weighted by Crippen LogP contribution is 2.36. The van der Waals surface area contributed by atoms with Crippen molar-refractivity contribution in [2.75, 3.05) is 38.8 Å².